The molecular weight excluding hydrogens is 294 g/mol. The normalized spacial score (nSPS) is 31.0. The highest BCUT2D eigenvalue weighted by Gasteiger charge is 2.44. The highest BCUT2D eigenvalue weighted by Crippen LogP contribution is 2.38. The van der Waals surface area contributed by atoms with Crippen molar-refractivity contribution in [3.05, 3.63) is 0 Å². The topological polar surface area (TPSA) is 55.8 Å². The fourth-order valence-corrected chi connectivity index (χ4v) is 3.61. The van der Waals surface area contributed by atoms with Crippen molar-refractivity contribution < 1.29 is 19.1 Å². The molecule has 2 fully saturated rings. The van der Waals surface area contributed by atoms with Gasteiger partial charge in [-0.1, -0.05) is 6.92 Å². The molecule has 0 bridgehead atoms. The molecule has 0 saturated heterocycles. The van der Waals surface area contributed by atoms with E-state index in [4.69, 9.17) is 9.47 Å². The molecule has 1 amide bonds. The van der Waals surface area contributed by atoms with Gasteiger partial charge in [-0.15, -0.1) is 0 Å². The van der Waals surface area contributed by atoms with Crippen LogP contribution in [0, 0.1) is 11.8 Å². The van der Waals surface area contributed by atoms with Gasteiger partial charge in [-0.3, -0.25) is 4.79 Å². The van der Waals surface area contributed by atoms with Gasteiger partial charge in [-0.05, 0) is 65.2 Å². The minimum absolute atomic E-state index is 0.0718. The second-order valence-corrected chi connectivity index (χ2v) is 8.15. The Balaban J connectivity index is 2.03. The summed E-state index contributed by atoms with van der Waals surface area (Å²) in [6.07, 6.45) is 5.51. The van der Waals surface area contributed by atoms with E-state index >= 15 is 0 Å². The third-order valence-corrected chi connectivity index (χ3v) is 5.02. The summed E-state index contributed by atoms with van der Waals surface area (Å²) in [5.74, 6) is 0.496. The summed E-state index contributed by atoms with van der Waals surface area (Å²) in [6.45, 7) is 7.95. The molecule has 5 nitrogen and oxygen atoms in total. The Morgan fingerprint density at radius 2 is 1.57 bits per heavy atom. The van der Waals surface area contributed by atoms with Crippen molar-refractivity contribution in [1.29, 1.82) is 0 Å². The fraction of sp³-hybridized carbons (Fsp3) is 0.889. The largest absolute Gasteiger partial charge is 0.469 e. The lowest BCUT2D eigenvalue weighted by molar-refractivity contribution is -0.151. The molecule has 23 heavy (non-hydrogen) atoms. The van der Waals surface area contributed by atoms with Crippen LogP contribution in [0.5, 0.6) is 0 Å². The minimum Gasteiger partial charge on any atom is -0.469 e. The molecule has 0 aromatic heterocycles. The molecule has 132 valence electrons. The van der Waals surface area contributed by atoms with Gasteiger partial charge in [0.25, 0.3) is 0 Å². The van der Waals surface area contributed by atoms with Crippen LogP contribution in [0.25, 0.3) is 0 Å². The number of amides is 1. The van der Waals surface area contributed by atoms with Crippen LogP contribution in [-0.4, -0.2) is 41.8 Å². The Morgan fingerprint density at radius 1 is 1.00 bits per heavy atom. The van der Waals surface area contributed by atoms with E-state index in [9.17, 15) is 9.59 Å². The molecule has 2 rings (SSSR count). The molecule has 2 aliphatic carbocycles. The van der Waals surface area contributed by atoms with Crippen LogP contribution in [0.1, 0.15) is 66.2 Å². The lowest BCUT2D eigenvalue weighted by Crippen LogP contribution is -2.55. The smallest absolute Gasteiger partial charge is 0.410 e. The molecule has 2 saturated carbocycles. The molecule has 0 unspecified atom stereocenters. The van der Waals surface area contributed by atoms with Crippen LogP contribution in [-0.2, 0) is 14.3 Å². The van der Waals surface area contributed by atoms with Gasteiger partial charge in [-0.2, -0.15) is 0 Å². The highest BCUT2D eigenvalue weighted by atomic mass is 16.6. The molecule has 5 heteroatoms. The van der Waals surface area contributed by atoms with Gasteiger partial charge in [0.15, 0.2) is 0 Å². The Kier molecular flexibility index (Phi) is 5.58. The Hall–Kier alpha value is -1.26. The lowest BCUT2D eigenvalue weighted by Gasteiger charge is -2.47. The number of nitrogens with zero attached hydrogens (tertiary/aromatic N) is 1. The summed E-state index contributed by atoms with van der Waals surface area (Å²) in [6, 6.07) is 0.344. The fourth-order valence-electron chi connectivity index (χ4n) is 3.61. The Labute approximate surface area is 139 Å². The summed E-state index contributed by atoms with van der Waals surface area (Å²) in [4.78, 5) is 26.3. The molecular formula is C18H31NO4. The van der Waals surface area contributed by atoms with Crippen molar-refractivity contribution in [2.45, 2.75) is 83.9 Å². The van der Waals surface area contributed by atoms with Gasteiger partial charge >= 0.3 is 12.1 Å². The number of esters is 1. The lowest BCUT2D eigenvalue weighted by atomic mass is 9.77. The number of hydrogen-bond donors (Lipinski definition) is 0. The maximum absolute atomic E-state index is 12.7. The van der Waals surface area contributed by atoms with E-state index in [-0.39, 0.29) is 30.1 Å². The van der Waals surface area contributed by atoms with Gasteiger partial charge < -0.3 is 14.4 Å². The molecule has 2 aliphatic rings. The molecule has 0 heterocycles. The predicted molar refractivity (Wildman–Crippen MR) is 88.0 cm³/mol. The second kappa shape index (κ2) is 7.10. The predicted octanol–water partition coefficient (Wildman–Crippen LogP) is 3.75. The standard InChI is InChI=1S/C18H31NO4/c1-12-6-8-14(9-7-12)19(17(21)23-18(2,3)4)15-10-13(11-15)16(20)22-5/h12-15H,6-11H2,1-5H3/t12-,13?,14-,15?. The van der Waals surface area contributed by atoms with Gasteiger partial charge in [0, 0.05) is 12.1 Å². The van der Waals surface area contributed by atoms with E-state index < -0.39 is 5.60 Å². The molecule has 0 spiro atoms. The first-order chi connectivity index (χ1) is 10.7. The number of rotatable bonds is 3. The quantitative estimate of drug-likeness (QED) is 0.742. The Morgan fingerprint density at radius 3 is 2.04 bits per heavy atom. The first-order valence-electron chi connectivity index (χ1n) is 8.80. The summed E-state index contributed by atoms with van der Waals surface area (Å²) in [7, 11) is 1.42. The minimum atomic E-state index is -0.497. The zero-order valence-electron chi connectivity index (χ0n) is 15.1. The monoisotopic (exact) mass is 325 g/mol. The summed E-state index contributed by atoms with van der Waals surface area (Å²) in [5.41, 5.74) is -0.497. The third kappa shape index (κ3) is 4.61. The SMILES string of the molecule is COC(=O)C1CC(N(C(=O)OC(C)(C)C)[C@H]2CC[C@H](C)CC2)C1. The van der Waals surface area contributed by atoms with Crippen LogP contribution >= 0.6 is 0 Å². The maximum Gasteiger partial charge on any atom is 0.410 e. The van der Waals surface area contributed by atoms with E-state index in [0.29, 0.717) is 12.8 Å². The first-order valence-corrected chi connectivity index (χ1v) is 8.80. The zero-order valence-corrected chi connectivity index (χ0v) is 15.1. The first kappa shape index (κ1) is 18.1. The zero-order chi connectivity index (χ0) is 17.2. The summed E-state index contributed by atoms with van der Waals surface area (Å²) >= 11 is 0. The maximum atomic E-state index is 12.7. The molecule has 0 aromatic rings. The second-order valence-electron chi connectivity index (χ2n) is 8.15. The van der Waals surface area contributed by atoms with Crippen molar-refractivity contribution >= 4 is 12.1 Å². The van der Waals surface area contributed by atoms with E-state index in [2.05, 4.69) is 6.92 Å². The van der Waals surface area contributed by atoms with Crippen LogP contribution in [0.4, 0.5) is 4.79 Å². The van der Waals surface area contributed by atoms with Gasteiger partial charge in [-0.25, -0.2) is 4.79 Å². The highest BCUT2D eigenvalue weighted by molar-refractivity contribution is 5.75. The third-order valence-electron chi connectivity index (χ3n) is 5.02. The molecule has 0 radical (unpaired) electrons. The van der Waals surface area contributed by atoms with Gasteiger partial charge in [0.2, 0.25) is 0 Å². The van der Waals surface area contributed by atoms with E-state index in [1.54, 1.807) is 0 Å². The van der Waals surface area contributed by atoms with Crippen molar-refractivity contribution in [3.8, 4) is 0 Å². The number of carbonyl (C=O) groups is 2. The van der Waals surface area contributed by atoms with Crippen LogP contribution < -0.4 is 0 Å². The van der Waals surface area contributed by atoms with Crippen molar-refractivity contribution in [2.24, 2.45) is 11.8 Å². The average Bonchev–Trinajstić information content (AvgIpc) is 2.40. The molecule has 0 N–H and O–H groups in total. The van der Waals surface area contributed by atoms with Crippen LogP contribution in [0.15, 0.2) is 0 Å². The Bertz CT molecular complexity index is 429. The average molecular weight is 325 g/mol. The van der Waals surface area contributed by atoms with E-state index in [0.717, 1.165) is 31.6 Å². The number of ether oxygens (including phenoxy) is 2. The van der Waals surface area contributed by atoms with Crippen LogP contribution in [0.2, 0.25) is 0 Å². The van der Waals surface area contributed by atoms with Gasteiger partial charge in [0.1, 0.15) is 5.60 Å². The van der Waals surface area contributed by atoms with Gasteiger partial charge in [0.05, 0.1) is 13.0 Å². The number of carbonyl (C=O) groups excluding carboxylic acids is 2. The van der Waals surface area contributed by atoms with E-state index in [1.165, 1.54) is 7.11 Å². The summed E-state index contributed by atoms with van der Waals surface area (Å²) in [5, 5.41) is 0. The summed E-state index contributed by atoms with van der Waals surface area (Å²) < 4.78 is 10.4. The molecule has 0 aromatic carbocycles. The van der Waals surface area contributed by atoms with Crippen molar-refractivity contribution in [2.75, 3.05) is 7.11 Å². The van der Waals surface area contributed by atoms with E-state index in [1.807, 2.05) is 25.7 Å². The van der Waals surface area contributed by atoms with Crippen molar-refractivity contribution in [3.63, 3.8) is 0 Å². The number of hydrogen-bond acceptors (Lipinski definition) is 4. The molecule has 0 atom stereocenters. The molecule has 0 aliphatic heterocycles. The number of methoxy groups -OCH3 is 1. The van der Waals surface area contributed by atoms with Crippen molar-refractivity contribution in [1.82, 2.24) is 4.90 Å². The van der Waals surface area contributed by atoms with Crippen LogP contribution in [0.3, 0.4) is 0 Å².